The van der Waals surface area contributed by atoms with E-state index in [2.05, 4.69) is 37.8 Å². The van der Waals surface area contributed by atoms with Crippen molar-refractivity contribution < 1.29 is 37.0 Å². The van der Waals surface area contributed by atoms with Crippen LogP contribution in [0.4, 0.5) is 52.5 Å². The normalized spacial score (nSPS) is 11.2. The second kappa shape index (κ2) is 14.8. The summed E-state index contributed by atoms with van der Waals surface area (Å²) in [6.07, 6.45) is -3.32. The number of methoxy groups -OCH3 is 1. The summed E-state index contributed by atoms with van der Waals surface area (Å²) in [6, 6.07) is 7.97. The average molecular weight is 664 g/mol. The van der Waals surface area contributed by atoms with Crippen molar-refractivity contribution in [2.75, 3.05) is 41.0 Å². The van der Waals surface area contributed by atoms with Gasteiger partial charge in [0.15, 0.2) is 5.82 Å². The molecular formula is C30H33ClF3N7O5. The number of alkyl halides is 3. The largest absolute Gasteiger partial charge is 0.497 e. The minimum absolute atomic E-state index is 0.0175. The van der Waals surface area contributed by atoms with Gasteiger partial charge >= 0.3 is 12.3 Å². The third-order valence-corrected chi connectivity index (χ3v) is 6.19. The van der Waals surface area contributed by atoms with Crippen LogP contribution in [0.3, 0.4) is 0 Å². The minimum Gasteiger partial charge on any atom is -0.497 e. The fraction of sp³-hybridized carbons (Fsp3) is 0.300. The average Bonchev–Trinajstić information content (AvgIpc) is 2.96. The smallest absolute Gasteiger partial charge is 0.418 e. The molecular weight excluding hydrogens is 631 g/mol. The zero-order valence-electron chi connectivity index (χ0n) is 25.6. The first-order valence-corrected chi connectivity index (χ1v) is 14.0. The van der Waals surface area contributed by atoms with Crippen LogP contribution in [0.15, 0.2) is 55.3 Å². The lowest BCUT2D eigenvalue weighted by atomic mass is 10.1. The molecule has 3 amide bonds. The predicted molar refractivity (Wildman–Crippen MR) is 169 cm³/mol. The molecule has 0 atom stereocenters. The van der Waals surface area contributed by atoms with Gasteiger partial charge < -0.3 is 35.6 Å². The van der Waals surface area contributed by atoms with Crippen LogP contribution in [0.2, 0.25) is 5.02 Å². The molecule has 0 aliphatic carbocycles. The number of hydrogen-bond acceptors (Lipinski definition) is 9. The van der Waals surface area contributed by atoms with E-state index in [-0.39, 0.29) is 35.6 Å². The van der Waals surface area contributed by atoms with Gasteiger partial charge in [0, 0.05) is 31.8 Å². The van der Waals surface area contributed by atoms with E-state index < -0.39 is 40.9 Å². The molecule has 46 heavy (non-hydrogen) atoms. The van der Waals surface area contributed by atoms with Gasteiger partial charge in [-0.25, -0.2) is 9.78 Å². The number of anilines is 6. The molecule has 246 valence electrons. The molecule has 0 unspecified atom stereocenters. The number of amides is 3. The third kappa shape index (κ3) is 9.99. The van der Waals surface area contributed by atoms with E-state index in [4.69, 9.17) is 21.1 Å². The SMILES string of the molecule is C=CC(=O)Nc1cc(OC)ccc1Nc1nc(Nc2ccc(N(CCNC(=O)OC(C)(C)C)C(C)=O)cc2C(F)(F)F)ncc1Cl. The van der Waals surface area contributed by atoms with E-state index in [0.717, 1.165) is 23.1 Å². The molecule has 0 fully saturated rings. The van der Waals surface area contributed by atoms with Gasteiger partial charge in [-0.2, -0.15) is 18.2 Å². The van der Waals surface area contributed by atoms with Crippen molar-refractivity contribution in [3.05, 3.63) is 65.8 Å². The molecule has 0 saturated carbocycles. The Bertz CT molecular complexity index is 1610. The Balaban J connectivity index is 1.88. The molecule has 3 rings (SSSR count). The summed E-state index contributed by atoms with van der Waals surface area (Å²) in [5.74, 6) is -0.826. The molecule has 0 saturated heterocycles. The predicted octanol–water partition coefficient (Wildman–Crippen LogP) is 6.65. The zero-order chi connectivity index (χ0) is 34.2. The molecule has 4 N–H and O–H groups in total. The first kappa shape index (κ1) is 35.4. The maximum atomic E-state index is 14.2. The highest BCUT2D eigenvalue weighted by Crippen LogP contribution is 2.39. The zero-order valence-corrected chi connectivity index (χ0v) is 26.4. The lowest BCUT2D eigenvalue weighted by Gasteiger charge is -2.24. The number of halogens is 4. The van der Waals surface area contributed by atoms with Crippen molar-refractivity contribution in [1.29, 1.82) is 0 Å². The number of nitrogens with one attached hydrogen (secondary N) is 4. The van der Waals surface area contributed by atoms with Crippen LogP contribution in [0.5, 0.6) is 5.75 Å². The minimum atomic E-state index is -4.84. The number of hydrogen-bond donors (Lipinski definition) is 4. The molecule has 1 aromatic heterocycles. The summed E-state index contributed by atoms with van der Waals surface area (Å²) in [5.41, 5.74) is -1.67. The standard InChI is InChI=1S/C30H33ClF3N7O5/c1-7-25(43)37-24-15-19(45-6)9-11-23(24)38-26-21(31)16-36-27(40-26)39-22-10-8-18(14-20(22)30(32,33)34)41(17(2)42)13-12-35-28(44)46-29(3,4)5/h7-11,14-16H,1,12-13H2,2-6H3,(H,35,44)(H,37,43)(H2,36,38,39,40). The van der Waals surface area contributed by atoms with Crippen LogP contribution in [0, 0.1) is 0 Å². The monoisotopic (exact) mass is 663 g/mol. The first-order valence-electron chi connectivity index (χ1n) is 13.6. The third-order valence-electron chi connectivity index (χ3n) is 5.92. The second-order valence-electron chi connectivity index (χ2n) is 10.6. The van der Waals surface area contributed by atoms with E-state index in [0.29, 0.717) is 17.1 Å². The Morgan fingerprint density at radius 1 is 1.04 bits per heavy atom. The van der Waals surface area contributed by atoms with Crippen molar-refractivity contribution in [1.82, 2.24) is 15.3 Å². The first-order chi connectivity index (χ1) is 21.5. The van der Waals surface area contributed by atoms with Gasteiger partial charge in [0.25, 0.3) is 0 Å². The van der Waals surface area contributed by atoms with Gasteiger partial charge in [0.1, 0.15) is 16.4 Å². The van der Waals surface area contributed by atoms with E-state index >= 15 is 0 Å². The number of rotatable bonds is 11. The van der Waals surface area contributed by atoms with E-state index in [1.165, 1.54) is 32.4 Å². The Kier molecular flexibility index (Phi) is 11.4. The van der Waals surface area contributed by atoms with Gasteiger partial charge in [-0.1, -0.05) is 18.2 Å². The molecule has 0 aliphatic rings. The van der Waals surface area contributed by atoms with Crippen molar-refractivity contribution in [3.63, 3.8) is 0 Å². The molecule has 3 aromatic rings. The summed E-state index contributed by atoms with van der Waals surface area (Å²) >= 11 is 6.28. The van der Waals surface area contributed by atoms with Gasteiger partial charge in [0.2, 0.25) is 17.8 Å². The number of carbonyl (C=O) groups is 3. The summed E-state index contributed by atoms with van der Waals surface area (Å²) in [7, 11) is 1.45. The lowest BCUT2D eigenvalue weighted by molar-refractivity contribution is -0.137. The van der Waals surface area contributed by atoms with Crippen LogP contribution in [0.1, 0.15) is 33.3 Å². The lowest BCUT2D eigenvalue weighted by Crippen LogP contribution is -2.39. The number of nitrogens with zero attached hydrogens (tertiary/aromatic N) is 3. The summed E-state index contributed by atoms with van der Waals surface area (Å²) in [5, 5.41) is 10.6. The molecule has 0 radical (unpaired) electrons. The maximum absolute atomic E-state index is 14.2. The molecule has 12 nitrogen and oxygen atoms in total. The summed E-state index contributed by atoms with van der Waals surface area (Å²) < 4.78 is 53.1. The highest BCUT2D eigenvalue weighted by molar-refractivity contribution is 6.33. The fourth-order valence-electron chi connectivity index (χ4n) is 3.91. The van der Waals surface area contributed by atoms with Gasteiger partial charge in [-0.05, 0) is 57.2 Å². The van der Waals surface area contributed by atoms with Gasteiger partial charge in [0.05, 0.1) is 35.9 Å². The molecule has 16 heteroatoms. The summed E-state index contributed by atoms with van der Waals surface area (Å²) in [4.78, 5) is 45.6. The van der Waals surface area contributed by atoms with Crippen LogP contribution >= 0.6 is 11.6 Å². The van der Waals surface area contributed by atoms with Crippen LogP contribution in [0.25, 0.3) is 0 Å². The highest BCUT2D eigenvalue weighted by Gasteiger charge is 2.35. The van der Waals surface area contributed by atoms with Crippen molar-refractivity contribution in [2.24, 2.45) is 0 Å². The van der Waals surface area contributed by atoms with Crippen LogP contribution < -0.4 is 30.9 Å². The second-order valence-corrected chi connectivity index (χ2v) is 11.0. The fourth-order valence-corrected chi connectivity index (χ4v) is 4.04. The number of aromatic nitrogens is 2. The Morgan fingerprint density at radius 2 is 1.74 bits per heavy atom. The van der Waals surface area contributed by atoms with E-state index in [1.807, 2.05) is 0 Å². The molecule has 0 aliphatic heterocycles. The highest BCUT2D eigenvalue weighted by atomic mass is 35.5. The van der Waals surface area contributed by atoms with Crippen molar-refractivity contribution in [3.8, 4) is 5.75 Å². The number of alkyl carbamates (subject to hydrolysis) is 1. The Morgan fingerprint density at radius 3 is 2.35 bits per heavy atom. The molecule has 0 bridgehead atoms. The van der Waals surface area contributed by atoms with Crippen LogP contribution in [-0.4, -0.2) is 53.7 Å². The van der Waals surface area contributed by atoms with Gasteiger partial charge in [-0.15, -0.1) is 0 Å². The molecule has 1 heterocycles. The van der Waals surface area contributed by atoms with Crippen molar-refractivity contribution in [2.45, 2.75) is 39.5 Å². The van der Waals surface area contributed by atoms with E-state index in [1.54, 1.807) is 32.9 Å². The quantitative estimate of drug-likeness (QED) is 0.166. The Hall–Kier alpha value is -5.05. The van der Waals surface area contributed by atoms with Crippen LogP contribution in [-0.2, 0) is 20.5 Å². The van der Waals surface area contributed by atoms with Crippen molar-refractivity contribution >= 4 is 64.0 Å². The van der Waals surface area contributed by atoms with Gasteiger partial charge in [-0.3, -0.25) is 9.59 Å². The maximum Gasteiger partial charge on any atom is 0.418 e. The number of ether oxygens (including phenoxy) is 2. The molecule has 2 aromatic carbocycles. The number of benzene rings is 2. The Labute approximate surface area is 268 Å². The number of carbonyl (C=O) groups excluding carboxylic acids is 3. The summed E-state index contributed by atoms with van der Waals surface area (Å²) in [6.45, 7) is 9.47. The van der Waals surface area contributed by atoms with E-state index in [9.17, 15) is 27.6 Å². The molecule has 0 spiro atoms. The topological polar surface area (TPSA) is 147 Å².